The maximum atomic E-state index is 11.7. The summed E-state index contributed by atoms with van der Waals surface area (Å²) in [7, 11) is 0. The molecule has 1 rings (SSSR count). The van der Waals surface area contributed by atoms with Crippen molar-refractivity contribution in [2.24, 2.45) is 0 Å². The molecule has 102 valence electrons. The minimum absolute atomic E-state index is 0.189. The number of nitrogens with zero attached hydrogens (tertiary/aromatic N) is 1. The maximum absolute atomic E-state index is 11.7. The number of nitrogens with one attached hydrogen (secondary N) is 1. The van der Waals surface area contributed by atoms with E-state index in [-0.39, 0.29) is 5.91 Å². The molecule has 0 aliphatic rings. The summed E-state index contributed by atoms with van der Waals surface area (Å²) in [5.74, 6) is 1.03. The molecular formula is C12H18Br2N2O2. The van der Waals surface area contributed by atoms with Crippen LogP contribution in [0.25, 0.3) is 0 Å². The Kier molecular flexibility index (Phi) is 6.96. The second-order valence-electron chi connectivity index (χ2n) is 3.83. The van der Waals surface area contributed by atoms with Gasteiger partial charge in [-0.25, -0.2) is 0 Å². The van der Waals surface area contributed by atoms with E-state index in [1.165, 1.54) is 0 Å². The number of rotatable bonds is 7. The molecule has 1 aromatic heterocycles. The summed E-state index contributed by atoms with van der Waals surface area (Å²) in [5.41, 5.74) is 0. The van der Waals surface area contributed by atoms with Gasteiger partial charge >= 0.3 is 0 Å². The molecule has 0 saturated carbocycles. The number of furan rings is 1. The highest BCUT2D eigenvalue weighted by molar-refractivity contribution is 9.13. The molecule has 0 atom stereocenters. The SMILES string of the molecule is CCN(CC)C(=O)CCNCc1cc(Br)c(Br)o1. The van der Waals surface area contributed by atoms with Crippen LogP contribution in [0.4, 0.5) is 0 Å². The van der Waals surface area contributed by atoms with Crippen molar-refractivity contribution < 1.29 is 9.21 Å². The fourth-order valence-corrected chi connectivity index (χ4v) is 2.28. The van der Waals surface area contributed by atoms with Crippen LogP contribution in [-0.4, -0.2) is 30.4 Å². The summed E-state index contributed by atoms with van der Waals surface area (Å²) in [5, 5.41) is 3.19. The van der Waals surface area contributed by atoms with Crippen molar-refractivity contribution in [2.75, 3.05) is 19.6 Å². The molecule has 0 fully saturated rings. The molecular weight excluding hydrogens is 364 g/mol. The maximum Gasteiger partial charge on any atom is 0.223 e. The van der Waals surface area contributed by atoms with Crippen molar-refractivity contribution in [3.63, 3.8) is 0 Å². The molecule has 0 aliphatic carbocycles. The van der Waals surface area contributed by atoms with Gasteiger partial charge in [-0.05, 0) is 51.8 Å². The Morgan fingerprint density at radius 2 is 2.06 bits per heavy atom. The highest BCUT2D eigenvalue weighted by Crippen LogP contribution is 2.26. The molecule has 4 nitrogen and oxygen atoms in total. The Hall–Kier alpha value is -0.330. The van der Waals surface area contributed by atoms with Crippen molar-refractivity contribution in [3.05, 3.63) is 21.0 Å². The molecule has 1 N–H and O–H groups in total. The van der Waals surface area contributed by atoms with Gasteiger partial charge in [-0.1, -0.05) is 0 Å². The average molecular weight is 382 g/mol. The fraction of sp³-hybridized carbons (Fsp3) is 0.583. The largest absolute Gasteiger partial charge is 0.452 e. The summed E-state index contributed by atoms with van der Waals surface area (Å²) in [6.45, 7) is 6.81. The van der Waals surface area contributed by atoms with Crippen LogP contribution in [0.2, 0.25) is 0 Å². The van der Waals surface area contributed by atoms with Crippen LogP contribution in [0.5, 0.6) is 0 Å². The number of carbonyl (C=O) groups is 1. The Balaban J connectivity index is 2.24. The van der Waals surface area contributed by atoms with Crippen LogP contribution in [0.1, 0.15) is 26.0 Å². The standard InChI is InChI=1S/C12H18Br2N2O2/c1-3-16(4-2)11(17)5-6-15-8-9-7-10(13)12(14)18-9/h7,15H,3-6,8H2,1-2H3. The zero-order chi connectivity index (χ0) is 13.5. The lowest BCUT2D eigenvalue weighted by Gasteiger charge is -2.18. The topological polar surface area (TPSA) is 45.5 Å². The number of amides is 1. The predicted octanol–water partition coefficient (Wildman–Crippen LogP) is 3.15. The van der Waals surface area contributed by atoms with Gasteiger partial charge in [-0.15, -0.1) is 0 Å². The first-order valence-corrected chi connectivity index (χ1v) is 7.59. The summed E-state index contributed by atoms with van der Waals surface area (Å²) < 4.78 is 7.02. The Morgan fingerprint density at radius 3 is 2.56 bits per heavy atom. The van der Waals surface area contributed by atoms with Crippen molar-refractivity contribution in [2.45, 2.75) is 26.8 Å². The van der Waals surface area contributed by atoms with E-state index in [9.17, 15) is 4.79 Å². The lowest BCUT2D eigenvalue weighted by Crippen LogP contribution is -2.32. The Bertz CT molecular complexity index is 370. The molecule has 0 bridgehead atoms. The highest BCUT2D eigenvalue weighted by Gasteiger charge is 2.09. The lowest BCUT2D eigenvalue weighted by molar-refractivity contribution is -0.130. The van der Waals surface area contributed by atoms with Crippen molar-refractivity contribution >= 4 is 37.8 Å². The van der Waals surface area contributed by atoms with Crippen LogP contribution in [0.3, 0.4) is 0 Å². The number of halogens is 2. The summed E-state index contributed by atoms with van der Waals surface area (Å²) in [6.07, 6.45) is 0.519. The van der Waals surface area contributed by atoms with E-state index in [1.54, 1.807) is 0 Å². The van der Waals surface area contributed by atoms with Crippen LogP contribution in [0.15, 0.2) is 19.6 Å². The summed E-state index contributed by atoms with van der Waals surface area (Å²) >= 11 is 6.64. The van der Waals surface area contributed by atoms with E-state index in [1.807, 2.05) is 24.8 Å². The molecule has 1 amide bonds. The van der Waals surface area contributed by atoms with Gasteiger partial charge in [0.2, 0.25) is 5.91 Å². The molecule has 0 aromatic carbocycles. The molecule has 0 radical (unpaired) electrons. The van der Waals surface area contributed by atoms with Crippen molar-refractivity contribution in [1.29, 1.82) is 0 Å². The molecule has 0 saturated heterocycles. The number of hydrogen-bond acceptors (Lipinski definition) is 3. The third-order valence-electron chi connectivity index (χ3n) is 2.63. The van der Waals surface area contributed by atoms with Gasteiger partial charge in [0.25, 0.3) is 0 Å². The average Bonchev–Trinajstić information content (AvgIpc) is 2.66. The Labute approximate surface area is 124 Å². The van der Waals surface area contributed by atoms with Gasteiger partial charge in [0.1, 0.15) is 5.76 Å². The first-order chi connectivity index (χ1) is 8.58. The van der Waals surface area contributed by atoms with Gasteiger partial charge < -0.3 is 14.6 Å². The third-order valence-corrected chi connectivity index (χ3v) is 4.34. The monoisotopic (exact) mass is 380 g/mol. The first-order valence-electron chi connectivity index (χ1n) is 6.00. The van der Waals surface area contributed by atoms with Crippen molar-refractivity contribution in [1.82, 2.24) is 10.2 Å². The van der Waals surface area contributed by atoms with Crippen LogP contribution in [-0.2, 0) is 11.3 Å². The number of carbonyl (C=O) groups excluding carboxylic acids is 1. The van der Waals surface area contributed by atoms with E-state index in [0.717, 1.165) is 23.3 Å². The molecule has 18 heavy (non-hydrogen) atoms. The quantitative estimate of drug-likeness (QED) is 0.738. The van der Waals surface area contributed by atoms with Gasteiger partial charge in [0.15, 0.2) is 4.67 Å². The van der Waals surface area contributed by atoms with Gasteiger partial charge in [0.05, 0.1) is 11.0 Å². The molecule has 6 heteroatoms. The normalized spacial score (nSPS) is 10.7. The van der Waals surface area contributed by atoms with Crippen LogP contribution < -0.4 is 5.32 Å². The minimum Gasteiger partial charge on any atom is -0.452 e. The lowest BCUT2D eigenvalue weighted by atomic mass is 10.3. The molecule has 1 heterocycles. The molecule has 0 aliphatic heterocycles. The van der Waals surface area contributed by atoms with E-state index >= 15 is 0 Å². The second kappa shape index (κ2) is 7.96. The Morgan fingerprint density at radius 1 is 1.39 bits per heavy atom. The van der Waals surface area contributed by atoms with Gasteiger partial charge in [-0.3, -0.25) is 4.79 Å². The van der Waals surface area contributed by atoms with E-state index in [0.29, 0.717) is 24.2 Å². The smallest absolute Gasteiger partial charge is 0.223 e. The van der Waals surface area contributed by atoms with E-state index in [4.69, 9.17) is 4.42 Å². The van der Waals surface area contributed by atoms with Crippen LogP contribution in [0, 0.1) is 0 Å². The fourth-order valence-electron chi connectivity index (χ4n) is 1.62. The van der Waals surface area contributed by atoms with Crippen LogP contribution >= 0.6 is 31.9 Å². The summed E-state index contributed by atoms with van der Waals surface area (Å²) in [4.78, 5) is 13.6. The zero-order valence-corrected chi connectivity index (χ0v) is 13.8. The highest BCUT2D eigenvalue weighted by atomic mass is 79.9. The molecule has 1 aromatic rings. The van der Waals surface area contributed by atoms with Crippen molar-refractivity contribution in [3.8, 4) is 0 Å². The number of hydrogen-bond donors (Lipinski definition) is 1. The first kappa shape index (κ1) is 15.7. The predicted molar refractivity (Wildman–Crippen MR) is 78.4 cm³/mol. The summed E-state index contributed by atoms with van der Waals surface area (Å²) in [6, 6.07) is 1.91. The van der Waals surface area contributed by atoms with E-state index < -0.39 is 0 Å². The van der Waals surface area contributed by atoms with Gasteiger partial charge in [-0.2, -0.15) is 0 Å². The third kappa shape index (κ3) is 4.74. The zero-order valence-electron chi connectivity index (χ0n) is 10.6. The molecule has 0 unspecified atom stereocenters. The van der Waals surface area contributed by atoms with Gasteiger partial charge in [0, 0.05) is 26.1 Å². The minimum atomic E-state index is 0.189. The molecule has 0 spiro atoms. The van der Waals surface area contributed by atoms with E-state index in [2.05, 4.69) is 37.2 Å². The second-order valence-corrected chi connectivity index (χ2v) is 5.40.